The van der Waals surface area contributed by atoms with Crippen LogP contribution in [0.4, 0.5) is 0 Å². The quantitative estimate of drug-likeness (QED) is 0.637. The van der Waals surface area contributed by atoms with E-state index in [1.807, 2.05) is 0 Å². The fourth-order valence-corrected chi connectivity index (χ4v) is 1.12. The van der Waals surface area contributed by atoms with Crippen LogP contribution in [0.2, 0.25) is 0 Å². The summed E-state index contributed by atoms with van der Waals surface area (Å²) in [5.41, 5.74) is 0. The van der Waals surface area contributed by atoms with Gasteiger partial charge in [-0.05, 0) is 25.7 Å². The lowest BCUT2D eigenvalue weighted by Gasteiger charge is -2.06. The molecule has 0 saturated heterocycles. The molecule has 0 saturated carbocycles. The van der Waals surface area contributed by atoms with Gasteiger partial charge in [0.1, 0.15) is 5.78 Å². The molecule has 0 aliphatic heterocycles. The van der Waals surface area contributed by atoms with Crippen molar-refractivity contribution in [2.45, 2.75) is 46.5 Å². The normalized spacial score (nSPS) is 10.3. The third-order valence-electron chi connectivity index (χ3n) is 1.98. The molecule has 1 amide bonds. The van der Waals surface area contributed by atoms with Crippen molar-refractivity contribution in [1.29, 1.82) is 0 Å². The number of amides is 1. The fraction of sp³-hybridized carbons (Fsp3) is 0.818. The number of rotatable bonds is 7. The van der Waals surface area contributed by atoms with Crippen LogP contribution in [-0.4, -0.2) is 18.2 Å². The lowest BCUT2D eigenvalue weighted by atomic mass is 10.1. The number of ketones is 1. The van der Waals surface area contributed by atoms with E-state index in [4.69, 9.17) is 0 Å². The van der Waals surface area contributed by atoms with Crippen molar-refractivity contribution in [2.75, 3.05) is 6.54 Å². The van der Waals surface area contributed by atoms with Crippen LogP contribution in [0.3, 0.4) is 0 Å². The number of Topliss-reactive ketones (excluding diaryl/α,β-unsaturated/α-hetero) is 1. The van der Waals surface area contributed by atoms with E-state index in [-0.39, 0.29) is 11.7 Å². The SMILES string of the molecule is CC(=O)CCC(=O)NCCCC(C)C. The van der Waals surface area contributed by atoms with Gasteiger partial charge in [0.2, 0.25) is 5.91 Å². The molecule has 0 bridgehead atoms. The molecule has 0 fully saturated rings. The molecule has 0 aliphatic rings. The maximum Gasteiger partial charge on any atom is 0.220 e. The van der Waals surface area contributed by atoms with Gasteiger partial charge in [-0.25, -0.2) is 0 Å². The molecule has 0 radical (unpaired) electrons. The molecule has 0 spiro atoms. The predicted octanol–water partition coefficient (Wildman–Crippen LogP) is 1.91. The Balaban J connectivity index is 3.31. The molecule has 0 unspecified atom stereocenters. The number of hydrogen-bond donors (Lipinski definition) is 1. The zero-order chi connectivity index (χ0) is 11.0. The summed E-state index contributed by atoms with van der Waals surface area (Å²) in [6.45, 7) is 6.57. The summed E-state index contributed by atoms with van der Waals surface area (Å²) in [5, 5.41) is 2.80. The predicted molar refractivity (Wildman–Crippen MR) is 57.0 cm³/mol. The van der Waals surface area contributed by atoms with Crippen LogP contribution >= 0.6 is 0 Å². The molecule has 0 aromatic carbocycles. The molecule has 3 nitrogen and oxygen atoms in total. The second-order valence-electron chi connectivity index (χ2n) is 4.09. The van der Waals surface area contributed by atoms with Gasteiger partial charge in [-0.15, -0.1) is 0 Å². The highest BCUT2D eigenvalue weighted by Crippen LogP contribution is 2.01. The summed E-state index contributed by atoms with van der Waals surface area (Å²) < 4.78 is 0. The van der Waals surface area contributed by atoms with E-state index in [1.54, 1.807) is 0 Å². The van der Waals surface area contributed by atoms with Crippen LogP contribution in [0, 0.1) is 5.92 Å². The van der Waals surface area contributed by atoms with Crippen LogP contribution < -0.4 is 5.32 Å². The first-order chi connectivity index (χ1) is 6.52. The standard InChI is InChI=1S/C11H21NO2/c1-9(2)5-4-8-12-11(14)7-6-10(3)13/h9H,4-8H2,1-3H3,(H,12,14). The zero-order valence-electron chi connectivity index (χ0n) is 9.43. The molecular formula is C11H21NO2. The van der Waals surface area contributed by atoms with E-state index in [2.05, 4.69) is 19.2 Å². The van der Waals surface area contributed by atoms with Crippen LogP contribution in [0.5, 0.6) is 0 Å². The van der Waals surface area contributed by atoms with Gasteiger partial charge in [-0.2, -0.15) is 0 Å². The molecule has 0 atom stereocenters. The third-order valence-corrected chi connectivity index (χ3v) is 1.98. The van der Waals surface area contributed by atoms with Crippen LogP contribution in [0.25, 0.3) is 0 Å². The van der Waals surface area contributed by atoms with Gasteiger partial charge in [0.05, 0.1) is 0 Å². The topological polar surface area (TPSA) is 46.2 Å². The molecule has 3 heteroatoms. The van der Waals surface area contributed by atoms with Gasteiger partial charge in [0, 0.05) is 19.4 Å². The van der Waals surface area contributed by atoms with Crippen LogP contribution in [0.1, 0.15) is 46.5 Å². The van der Waals surface area contributed by atoms with Gasteiger partial charge >= 0.3 is 0 Å². The van der Waals surface area contributed by atoms with Crippen LogP contribution in [-0.2, 0) is 9.59 Å². The summed E-state index contributed by atoms with van der Waals surface area (Å²) in [6, 6.07) is 0. The van der Waals surface area contributed by atoms with E-state index < -0.39 is 0 Å². The minimum absolute atomic E-state index is 0.0102. The monoisotopic (exact) mass is 199 g/mol. The Morgan fingerprint density at radius 1 is 1.21 bits per heavy atom. The van der Waals surface area contributed by atoms with E-state index in [1.165, 1.54) is 6.92 Å². The summed E-state index contributed by atoms with van der Waals surface area (Å²) in [5.74, 6) is 0.746. The largest absolute Gasteiger partial charge is 0.356 e. The molecule has 14 heavy (non-hydrogen) atoms. The summed E-state index contributed by atoms with van der Waals surface area (Å²) >= 11 is 0. The Hall–Kier alpha value is -0.860. The molecular weight excluding hydrogens is 178 g/mol. The number of carbonyl (C=O) groups is 2. The second-order valence-corrected chi connectivity index (χ2v) is 4.09. The summed E-state index contributed by atoms with van der Waals surface area (Å²) in [4.78, 5) is 21.7. The second kappa shape index (κ2) is 7.54. The highest BCUT2D eigenvalue weighted by molar-refractivity contribution is 5.83. The molecule has 0 aromatic heterocycles. The molecule has 0 aromatic rings. The highest BCUT2D eigenvalue weighted by atomic mass is 16.2. The average Bonchev–Trinajstić information content (AvgIpc) is 2.08. The van der Waals surface area contributed by atoms with Gasteiger partial charge in [0.15, 0.2) is 0 Å². The van der Waals surface area contributed by atoms with Gasteiger partial charge in [-0.1, -0.05) is 13.8 Å². The molecule has 0 heterocycles. The van der Waals surface area contributed by atoms with Crippen molar-refractivity contribution in [3.63, 3.8) is 0 Å². The van der Waals surface area contributed by atoms with Gasteiger partial charge in [0.25, 0.3) is 0 Å². The average molecular weight is 199 g/mol. The number of nitrogens with one attached hydrogen (secondary N) is 1. The minimum atomic E-state index is -0.0102. The van der Waals surface area contributed by atoms with Crippen molar-refractivity contribution < 1.29 is 9.59 Å². The van der Waals surface area contributed by atoms with E-state index in [9.17, 15) is 9.59 Å². The number of carbonyl (C=O) groups excluding carboxylic acids is 2. The Morgan fingerprint density at radius 2 is 1.86 bits per heavy atom. The Kier molecular flexibility index (Phi) is 7.07. The van der Waals surface area contributed by atoms with Gasteiger partial charge in [-0.3, -0.25) is 4.79 Å². The maximum atomic E-state index is 11.1. The van der Waals surface area contributed by atoms with E-state index in [0.29, 0.717) is 18.8 Å². The third kappa shape index (κ3) is 9.23. The first kappa shape index (κ1) is 13.1. The molecule has 0 rings (SSSR count). The van der Waals surface area contributed by atoms with Crippen LogP contribution in [0.15, 0.2) is 0 Å². The van der Waals surface area contributed by atoms with Crippen molar-refractivity contribution in [1.82, 2.24) is 5.32 Å². The smallest absolute Gasteiger partial charge is 0.220 e. The first-order valence-electron chi connectivity index (χ1n) is 5.28. The van der Waals surface area contributed by atoms with Gasteiger partial charge < -0.3 is 10.1 Å². The minimum Gasteiger partial charge on any atom is -0.356 e. The highest BCUT2D eigenvalue weighted by Gasteiger charge is 2.02. The number of hydrogen-bond acceptors (Lipinski definition) is 2. The van der Waals surface area contributed by atoms with Crippen molar-refractivity contribution in [3.05, 3.63) is 0 Å². The Labute approximate surface area is 86.3 Å². The summed E-state index contributed by atoms with van der Waals surface area (Å²) in [7, 11) is 0. The van der Waals surface area contributed by atoms with E-state index >= 15 is 0 Å². The maximum absolute atomic E-state index is 11.1. The lowest BCUT2D eigenvalue weighted by molar-refractivity contribution is -0.124. The Bertz CT molecular complexity index is 188. The zero-order valence-corrected chi connectivity index (χ0v) is 9.43. The molecule has 0 aliphatic carbocycles. The summed E-state index contributed by atoms with van der Waals surface area (Å²) in [6.07, 6.45) is 2.84. The van der Waals surface area contributed by atoms with Crippen molar-refractivity contribution >= 4 is 11.7 Å². The molecule has 82 valence electrons. The Morgan fingerprint density at radius 3 is 2.36 bits per heavy atom. The van der Waals surface area contributed by atoms with Crippen molar-refractivity contribution in [3.8, 4) is 0 Å². The van der Waals surface area contributed by atoms with Crippen molar-refractivity contribution in [2.24, 2.45) is 5.92 Å². The molecule has 1 N–H and O–H groups in total. The first-order valence-corrected chi connectivity index (χ1v) is 5.28. The van der Waals surface area contributed by atoms with E-state index in [0.717, 1.165) is 19.4 Å². The fourth-order valence-electron chi connectivity index (χ4n) is 1.12. The lowest BCUT2D eigenvalue weighted by Crippen LogP contribution is -2.24.